The largest absolute Gasteiger partial charge is 0.481 e. The highest BCUT2D eigenvalue weighted by Crippen LogP contribution is 2.25. The Balaban J connectivity index is 1.81. The lowest BCUT2D eigenvalue weighted by Gasteiger charge is -2.21. The maximum absolute atomic E-state index is 12.0. The lowest BCUT2D eigenvalue weighted by molar-refractivity contribution is -0.141. The Labute approximate surface area is 117 Å². The average molecular weight is 277 g/mol. The number of aliphatic carboxylic acids is 1. The third-order valence-corrected chi connectivity index (χ3v) is 3.60. The van der Waals surface area contributed by atoms with Gasteiger partial charge in [0.05, 0.1) is 5.92 Å². The maximum Gasteiger partial charge on any atom is 0.317 e. The minimum Gasteiger partial charge on any atom is -0.481 e. The molecule has 6 nitrogen and oxygen atoms in total. The highest BCUT2D eigenvalue weighted by molar-refractivity contribution is 5.75. The van der Waals surface area contributed by atoms with Crippen molar-refractivity contribution in [3.8, 4) is 0 Å². The van der Waals surface area contributed by atoms with Gasteiger partial charge >= 0.3 is 12.0 Å². The number of hydrogen-bond acceptors (Lipinski definition) is 3. The molecule has 2 atom stereocenters. The molecule has 1 aromatic heterocycles. The normalized spacial score (nSPS) is 21.4. The number of rotatable bonds is 4. The molecule has 1 aliphatic carbocycles. The summed E-state index contributed by atoms with van der Waals surface area (Å²) in [6.07, 6.45) is 5.28. The second kappa shape index (κ2) is 6.36. The molecule has 2 amide bonds. The molecule has 0 aromatic carbocycles. The smallest absolute Gasteiger partial charge is 0.317 e. The summed E-state index contributed by atoms with van der Waals surface area (Å²) in [5.74, 6) is -1.10. The molecular formula is C14H19N3O3. The molecule has 0 aliphatic heterocycles. The molecule has 0 spiro atoms. The summed E-state index contributed by atoms with van der Waals surface area (Å²) in [6, 6.07) is 3.52. The van der Waals surface area contributed by atoms with Crippen molar-refractivity contribution in [3.05, 3.63) is 30.1 Å². The van der Waals surface area contributed by atoms with Crippen molar-refractivity contribution in [2.45, 2.75) is 31.8 Å². The van der Waals surface area contributed by atoms with Gasteiger partial charge in [-0.05, 0) is 30.9 Å². The molecule has 6 heteroatoms. The molecule has 0 unspecified atom stereocenters. The molecule has 1 fully saturated rings. The van der Waals surface area contributed by atoms with E-state index in [1.165, 1.54) is 0 Å². The molecule has 0 radical (unpaired) electrons. The number of hydrogen-bond donors (Lipinski definition) is 2. The number of nitrogens with zero attached hydrogens (tertiary/aromatic N) is 2. The van der Waals surface area contributed by atoms with Crippen LogP contribution in [0.15, 0.2) is 24.5 Å². The molecule has 1 saturated carbocycles. The van der Waals surface area contributed by atoms with Crippen LogP contribution < -0.4 is 5.32 Å². The van der Waals surface area contributed by atoms with Gasteiger partial charge in [0.1, 0.15) is 0 Å². The molecule has 1 heterocycles. The first-order valence-electron chi connectivity index (χ1n) is 6.69. The number of carboxylic acid groups (broad SMARTS) is 1. The number of carbonyl (C=O) groups excluding carboxylic acids is 1. The van der Waals surface area contributed by atoms with Gasteiger partial charge in [0.25, 0.3) is 0 Å². The Hall–Kier alpha value is -2.11. The molecular weight excluding hydrogens is 258 g/mol. The topological polar surface area (TPSA) is 82.5 Å². The van der Waals surface area contributed by atoms with Gasteiger partial charge in [0.2, 0.25) is 0 Å². The number of aromatic nitrogens is 1. The summed E-state index contributed by atoms with van der Waals surface area (Å²) in [6.45, 7) is 0.481. The molecule has 1 aliphatic rings. The van der Waals surface area contributed by atoms with E-state index in [0.29, 0.717) is 19.4 Å². The fourth-order valence-corrected chi connectivity index (χ4v) is 2.46. The Morgan fingerprint density at radius 3 is 2.90 bits per heavy atom. The lowest BCUT2D eigenvalue weighted by atomic mass is 10.1. The van der Waals surface area contributed by atoms with Crippen LogP contribution >= 0.6 is 0 Å². The van der Waals surface area contributed by atoms with Gasteiger partial charge < -0.3 is 15.3 Å². The van der Waals surface area contributed by atoms with E-state index in [2.05, 4.69) is 10.3 Å². The average Bonchev–Trinajstić information content (AvgIpc) is 2.88. The minimum atomic E-state index is -0.773. The third kappa shape index (κ3) is 3.69. The Bertz CT molecular complexity index is 478. The fourth-order valence-electron chi connectivity index (χ4n) is 2.46. The van der Waals surface area contributed by atoms with Gasteiger partial charge in [-0.15, -0.1) is 0 Å². The van der Waals surface area contributed by atoms with Gasteiger partial charge in [-0.3, -0.25) is 9.78 Å². The van der Waals surface area contributed by atoms with Crippen LogP contribution in [0.4, 0.5) is 4.79 Å². The monoisotopic (exact) mass is 277 g/mol. The highest BCUT2D eigenvalue weighted by atomic mass is 16.4. The molecule has 20 heavy (non-hydrogen) atoms. The van der Waals surface area contributed by atoms with E-state index in [0.717, 1.165) is 12.0 Å². The van der Waals surface area contributed by atoms with Crippen LogP contribution in [0.1, 0.15) is 24.8 Å². The van der Waals surface area contributed by atoms with E-state index >= 15 is 0 Å². The Morgan fingerprint density at radius 1 is 1.50 bits per heavy atom. The first kappa shape index (κ1) is 14.3. The van der Waals surface area contributed by atoms with E-state index in [4.69, 9.17) is 5.11 Å². The second-order valence-electron chi connectivity index (χ2n) is 5.21. The number of amides is 2. The van der Waals surface area contributed by atoms with Gasteiger partial charge in [-0.2, -0.15) is 0 Å². The first-order chi connectivity index (χ1) is 9.56. The number of pyridine rings is 1. The standard InChI is InChI=1S/C14H19N3O3/c1-17(9-10-3-2-6-15-8-10)14(20)16-12-5-4-11(7-12)13(18)19/h2-3,6,8,11-12H,4-5,7,9H2,1H3,(H,16,20)(H,18,19)/t11-,12+/m1/s1. The van der Waals surface area contributed by atoms with Crippen LogP contribution in [0.5, 0.6) is 0 Å². The highest BCUT2D eigenvalue weighted by Gasteiger charge is 2.30. The maximum atomic E-state index is 12.0. The lowest BCUT2D eigenvalue weighted by Crippen LogP contribution is -2.42. The number of carboxylic acids is 1. The molecule has 1 aromatic rings. The number of urea groups is 1. The molecule has 2 N–H and O–H groups in total. The van der Waals surface area contributed by atoms with E-state index in [-0.39, 0.29) is 18.0 Å². The van der Waals surface area contributed by atoms with Crippen molar-refractivity contribution in [1.29, 1.82) is 0 Å². The fraction of sp³-hybridized carbons (Fsp3) is 0.500. The van der Waals surface area contributed by atoms with Crippen LogP contribution in [0.25, 0.3) is 0 Å². The molecule has 0 bridgehead atoms. The van der Waals surface area contributed by atoms with Gasteiger partial charge in [0, 0.05) is 32.0 Å². The van der Waals surface area contributed by atoms with Crippen molar-refractivity contribution in [1.82, 2.24) is 15.2 Å². The van der Waals surface area contributed by atoms with Gasteiger partial charge in [-0.25, -0.2) is 4.79 Å². The molecule has 108 valence electrons. The van der Waals surface area contributed by atoms with Crippen molar-refractivity contribution in [2.24, 2.45) is 5.92 Å². The summed E-state index contributed by atoms with van der Waals surface area (Å²) >= 11 is 0. The predicted octanol–water partition coefficient (Wildman–Crippen LogP) is 1.48. The summed E-state index contributed by atoms with van der Waals surface area (Å²) in [5, 5.41) is 11.8. The summed E-state index contributed by atoms with van der Waals surface area (Å²) in [5.41, 5.74) is 0.958. The third-order valence-electron chi connectivity index (χ3n) is 3.60. The van der Waals surface area contributed by atoms with E-state index in [1.807, 2.05) is 12.1 Å². The Morgan fingerprint density at radius 2 is 2.30 bits per heavy atom. The predicted molar refractivity (Wildman–Crippen MR) is 73.0 cm³/mol. The van der Waals surface area contributed by atoms with Crippen LogP contribution in [0, 0.1) is 5.92 Å². The van der Waals surface area contributed by atoms with Gasteiger partial charge in [0.15, 0.2) is 0 Å². The SMILES string of the molecule is CN(Cc1cccnc1)C(=O)N[C@H]1CC[C@@H](C(=O)O)C1. The Kier molecular flexibility index (Phi) is 4.55. The number of carbonyl (C=O) groups is 2. The molecule has 2 rings (SSSR count). The van der Waals surface area contributed by atoms with Crippen LogP contribution in [-0.2, 0) is 11.3 Å². The van der Waals surface area contributed by atoms with Crippen molar-refractivity contribution >= 4 is 12.0 Å². The quantitative estimate of drug-likeness (QED) is 0.873. The minimum absolute atomic E-state index is 0.0417. The summed E-state index contributed by atoms with van der Waals surface area (Å²) in [7, 11) is 1.71. The van der Waals surface area contributed by atoms with Crippen molar-refractivity contribution in [3.63, 3.8) is 0 Å². The number of nitrogens with one attached hydrogen (secondary N) is 1. The van der Waals surface area contributed by atoms with E-state index in [9.17, 15) is 9.59 Å². The van der Waals surface area contributed by atoms with Crippen LogP contribution in [0.2, 0.25) is 0 Å². The van der Waals surface area contributed by atoms with Crippen LogP contribution in [-0.4, -0.2) is 40.1 Å². The zero-order valence-corrected chi connectivity index (χ0v) is 11.5. The second-order valence-corrected chi connectivity index (χ2v) is 5.21. The molecule has 0 saturated heterocycles. The van der Waals surface area contributed by atoms with Crippen LogP contribution in [0.3, 0.4) is 0 Å². The van der Waals surface area contributed by atoms with E-state index in [1.54, 1.807) is 24.3 Å². The summed E-state index contributed by atoms with van der Waals surface area (Å²) < 4.78 is 0. The van der Waals surface area contributed by atoms with Crippen molar-refractivity contribution in [2.75, 3.05) is 7.05 Å². The van der Waals surface area contributed by atoms with Crippen molar-refractivity contribution < 1.29 is 14.7 Å². The van der Waals surface area contributed by atoms with E-state index < -0.39 is 5.97 Å². The van der Waals surface area contributed by atoms with Gasteiger partial charge in [-0.1, -0.05) is 6.07 Å². The summed E-state index contributed by atoms with van der Waals surface area (Å²) in [4.78, 5) is 28.5. The first-order valence-corrected chi connectivity index (χ1v) is 6.69. The zero-order chi connectivity index (χ0) is 14.5. The zero-order valence-electron chi connectivity index (χ0n) is 11.5.